The number of hydrogen-bond acceptors (Lipinski definition) is 5. The molecule has 1 aliphatic heterocycles. The van der Waals surface area contributed by atoms with Gasteiger partial charge in [0.05, 0.1) is 25.4 Å². The van der Waals surface area contributed by atoms with Crippen molar-refractivity contribution in [2.24, 2.45) is 0 Å². The summed E-state index contributed by atoms with van der Waals surface area (Å²) in [5.41, 5.74) is 3.23. The van der Waals surface area contributed by atoms with Crippen LogP contribution in [0.25, 0.3) is 0 Å². The highest BCUT2D eigenvalue weighted by Gasteiger charge is 2.27. The highest BCUT2D eigenvalue weighted by Crippen LogP contribution is 2.29. The van der Waals surface area contributed by atoms with Gasteiger partial charge in [-0.25, -0.2) is 8.78 Å². The van der Waals surface area contributed by atoms with Crippen LogP contribution >= 0.6 is 11.6 Å². The van der Waals surface area contributed by atoms with Gasteiger partial charge in [-0.2, -0.15) is 0 Å². The first kappa shape index (κ1) is 29.5. The summed E-state index contributed by atoms with van der Waals surface area (Å²) in [6.07, 6.45) is 2.49. The van der Waals surface area contributed by atoms with E-state index in [9.17, 15) is 18.7 Å². The fourth-order valence-corrected chi connectivity index (χ4v) is 5.17. The first-order chi connectivity index (χ1) is 17.7. The molecule has 0 unspecified atom stereocenters. The van der Waals surface area contributed by atoms with Crippen LogP contribution in [0.4, 0.5) is 8.78 Å². The Morgan fingerprint density at radius 2 is 1.97 bits per heavy atom. The number of benzene rings is 2. The zero-order valence-corrected chi connectivity index (χ0v) is 22.7. The molecule has 8 heteroatoms. The Labute approximate surface area is 223 Å². The predicted octanol–water partition coefficient (Wildman–Crippen LogP) is 5.96. The molecule has 0 bridgehead atoms. The van der Waals surface area contributed by atoms with E-state index in [1.807, 2.05) is 26.0 Å². The van der Waals surface area contributed by atoms with E-state index in [-0.39, 0.29) is 26.1 Å². The lowest BCUT2D eigenvalue weighted by atomic mass is 9.96. The van der Waals surface area contributed by atoms with Crippen molar-refractivity contribution in [1.82, 2.24) is 4.90 Å². The number of ether oxygens (including phenoxy) is 2. The molecule has 0 radical (unpaired) electrons. The molecular formula is C29H38ClF2NO4. The highest BCUT2D eigenvalue weighted by molar-refractivity contribution is 6.31. The SMILES string of the molecule is CCOC(=O)CCc1cc(F)c(F)cc1[C@@H](CC)OC[C@H](O)CN1CCC[C@H]1Cc1ccc(C)c(Cl)c1. The molecule has 3 atom stereocenters. The fourth-order valence-electron chi connectivity index (χ4n) is 4.97. The van der Waals surface area contributed by atoms with E-state index in [1.54, 1.807) is 6.92 Å². The molecule has 1 N–H and O–H groups in total. The number of likely N-dealkylation sites (tertiary alicyclic amines) is 1. The van der Waals surface area contributed by atoms with Crippen molar-refractivity contribution in [1.29, 1.82) is 0 Å². The van der Waals surface area contributed by atoms with Gasteiger partial charge in [0.2, 0.25) is 0 Å². The summed E-state index contributed by atoms with van der Waals surface area (Å²) in [6.45, 7) is 7.28. The maximum Gasteiger partial charge on any atom is 0.306 e. The Morgan fingerprint density at radius 1 is 1.22 bits per heavy atom. The molecule has 37 heavy (non-hydrogen) atoms. The smallest absolute Gasteiger partial charge is 0.306 e. The molecule has 204 valence electrons. The number of rotatable bonds is 13. The summed E-state index contributed by atoms with van der Waals surface area (Å²) in [6, 6.07) is 8.73. The van der Waals surface area contributed by atoms with Crippen LogP contribution in [0.1, 0.15) is 67.9 Å². The van der Waals surface area contributed by atoms with E-state index >= 15 is 0 Å². The van der Waals surface area contributed by atoms with Crippen molar-refractivity contribution in [3.63, 3.8) is 0 Å². The summed E-state index contributed by atoms with van der Waals surface area (Å²) in [5, 5.41) is 11.5. The highest BCUT2D eigenvalue weighted by atomic mass is 35.5. The van der Waals surface area contributed by atoms with Gasteiger partial charge < -0.3 is 14.6 Å². The summed E-state index contributed by atoms with van der Waals surface area (Å²) >= 11 is 6.30. The van der Waals surface area contributed by atoms with Crippen LogP contribution in [-0.4, -0.2) is 54.4 Å². The minimum Gasteiger partial charge on any atom is -0.466 e. The normalized spacial score (nSPS) is 17.6. The number of carbonyl (C=O) groups is 1. The minimum atomic E-state index is -0.965. The van der Waals surface area contributed by atoms with Gasteiger partial charge in [-0.3, -0.25) is 9.69 Å². The Morgan fingerprint density at radius 3 is 2.68 bits per heavy atom. The second-order valence-corrected chi connectivity index (χ2v) is 10.1. The number of aryl methyl sites for hydroxylation is 2. The van der Waals surface area contributed by atoms with Gasteiger partial charge in [-0.15, -0.1) is 0 Å². The second-order valence-electron chi connectivity index (χ2n) is 9.73. The lowest BCUT2D eigenvalue weighted by Gasteiger charge is -2.28. The molecule has 1 saturated heterocycles. The van der Waals surface area contributed by atoms with E-state index < -0.39 is 29.8 Å². The number of halogens is 3. The molecule has 0 aliphatic carbocycles. The topological polar surface area (TPSA) is 59.0 Å². The molecule has 0 spiro atoms. The standard InChI is InChI=1S/C29H38ClF2NO4/c1-4-28(24-16-27(32)26(31)15-21(24)10-11-29(35)36-5-2)37-18-23(34)17-33-12-6-7-22(33)13-20-9-8-19(3)25(30)14-20/h8-9,14-16,22-23,28,34H,4-7,10-13,17-18H2,1-3H3/t22-,23+,28+/m0/s1. The molecule has 2 aromatic carbocycles. The van der Waals surface area contributed by atoms with Crippen molar-refractivity contribution in [3.05, 3.63) is 69.2 Å². The molecule has 2 aromatic rings. The average molecular weight is 538 g/mol. The van der Waals surface area contributed by atoms with Gasteiger partial charge in [-0.1, -0.05) is 30.7 Å². The zero-order valence-electron chi connectivity index (χ0n) is 21.9. The molecule has 0 aromatic heterocycles. The molecule has 0 amide bonds. The number of nitrogens with zero attached hydrogens (tertiary/aromatic N) is 1. The molecule has 3 rings (SSSR count). The molecule has 1 fully saturated rings. The summed E-state index contributed by atoms with van der Waals surface area (Å²) in [5.74, 6) is -2.32. The van der Waals surface area contributed by atoms with Gasteiger partial charge >= 0.3 is 5.97 Å². The van der Waals surface area contributed by atoms with E-state index in [0.29, 0.717) is 30.1 Å². The average Bonchev–Trinajstić information content (AvgIpc) is 3.29. The first-order valence-electron chi connectivity index (χ1n) is 13.1. The van der Waals surface area contributed by atoms with E-state index in [1.165, 1.54) is 5.56 Å². The number of β-amino-alcohol motifs (C(OH)–C–C–N with tert-alkyl or cyclic N) is 1. The van der Waals surface area contributed by atoms with Crippen molar-refractivity contribution in [2.75, 3.05) is 26.3 Å². The van der Waals surface area contributed by atoms with Gasteiger partial charge in [0.1, 0.15) is 0 Å². The largest absolute Gasteiger partial charge is 0.466 e. The third-order valence-corrected chi connectivity index (χ3v) is 7.35. The maximum atomic E-state index is 14.1. The zero-order chi connectivity index (χ0) is 26.9. The van der Waals surface area contributed by atoms with Crippen LogP contribution in [0.15, 0.2) is 30.3 Å². The summed E-state index contributed by atoms with van der Waals surface area (Å²) < 4.78 is 39.1. The van der Waals surface area contributed by atoms with Gasteiger partial charge in [0.15, 0.2) is 11.6 Å². The van der Waals surface area contributed by atoms with Crippen LogP contribution in [0.2, 0.25) is 5.02 Å². The first-order valence-corrected chi connectivity index (χ1v) is 13.5. The van der Waals surface area contributed by atoms with E-state index in [0.717, 1.165) is 48.5 Å². The lowest BCUT2D eigenvalue weighted by Crippen LogP contribution is -2.39. The number of aliphatic hydroxyl groups excluding tert-OH is 1. The monoisotopic (exact) mass is 537 g/mol. The molecule has 1 heterocycles. The van der Waals surface area contributed by atoms with Gasteiger partial charge in [0.25, 0.3) is 0 Å². The number of aliphatic hydroxyl groups is 1. The fraction of sp³-hybridized carbons (Fsp3) is 0.552. The van der Waals surface area contributed by atoms with Crippen molar-refractivity contribution in [2.45, 2.75) is 77.5 Å². The van der Waals surface area contributed by atoms with Crippen LogP contribution < -0.4 is 0 Å². The Kier molecular flexibility index (Phi) is 11.3. The van der Waals surface area contributed by atoms with Crippen LogP contribution in [-0.2, 0) is 27.1 Å². The minimum absolute atomic E-state index is 0.0630. The van der Waals surface area contributed by atoms with Crippen LogP contribution in [0, 0.1) is 18.6 Å². The van der Waals surface area contributed by atoms with E-state index in [4.69, 9.17) is 21.1 Å². The quantitative estimate of drug-likeness (QED) is 0.320. The van der Waals surface area contributed by atoms with Crippen molar-refractivity contribution < 1.29 is 28.2 Å². The van der Waals surface area contributed by atoms with Crippen LogP contribution in [0.3, 0.4) is 0 Å². The molecule has 5 nitrogen and oxygen atoms in total. The Bertz CT molecular complexity index is 1050. The molecular weight excluding hydrogens is 500 g/mol. The molecule has 0 saturated carbocycles. The Balaban J connectivity index is 1.60. The van der Waals surface area contributed by atoms with Crippen molar-refractivity contribution >= 4 is 17.6 Å². The van der Waals surface area contributed by atoms with E-state index in [2.05, 4.69) is 11.0 Å². The van der Waals surface area contributed by atoms with Crippen molar-refractivity contribution in [3.8, 4) is 0 Å². The van der Waals surface area contributed by atoms with Gasteiger partial charge in [0, 0.05) is 24.0 Å². The van der Waals surface area contributed by atoms with Gasteiger partial charge in [-0.05, 0) is 92.9 Å². The number of hydrogen-bond donors (Lipinski definition) is 1. The number of esters is 1. The van der Waals surface area contributed by atoms with Crippen LogP contribution in [0.5, 0.6) is 0 Å². The maximum absolute atomic E-state index is 14.1. The third-order valence-electron chi connectivity index (χ3n) is 6.95. The summed E-state index contributed by atoms with van der Waals surface area (Å²) in [7, 11) is 0. The molecule has 1 aliphatic rings. The Hall–Kier alpha value is -2.06. The number of carbonyl (C=O) groups excluding carboxylic acids is 1. The second kappa shape index (κ2) is 14.2. The lowest BCUT2D eigenvalue weighted by molar-refractivity contribution is -0.143. The predicted molar refractivity (Wildman–Crippen MR) is 141 cm³/mol. The third kappa shape index (κ3) is 8.47. The summed E-state index contributed by atoms with van der Waals surface area (Å²) in [4.78, 5) is 14.1.